The first-order valence-corrected chi connectivity index (χ1v) is 9.93. The first-order chi connectivity index (χ1) is 12.8. The van der Waals surface area contributed by atoms with Gasteiger partial charge in [-0.2, -0.15) is 0 Å². The second-order valence-corrected chi connectivity index (χ2v) is 7.68. The summed E-state index contributed by atoms with van der Waals surface area (Å²) < 4.78 is 33.5. The smallest absolute Gasteiger partial charge is 0.238 e. The molecule has 0 fully saturated rings. The summed E-state index contributed by atoms with van der Waals surface area (Å²) in [6.07, 6.45) is 0. The number of carbonyl (C=O) groups is 1. The normalized spacial score (nSPS) is 14.4. The molecular weight excluding hydrogens is 370 g/mol. The standard InChI is InChI=1S/C18H21N3O5S/c1-12(13-2-5-15(6-3-13)27(19,23)24)20-11-18(22)21-14-4-7-16-17(10-14)26-9-8-25-16/h2-7,10,12,20H,8-9,11H2,1H3,(H,21,22)(H2,19,23,24)/t12-/m1/s1. The number of carbonyl (C=O) groups excluding carboxylic acids is 1. The summed E-state index contributed by atoms with van der Waals surface area (Å²) in [6.45, 7) is 2.96. The monoisotopic (exact) mass is 391 g/mol. The van der Waals surface area contributed by atoms with E-state index in [2.05, 4.69) is 10.6 Å². The second kappa shape index (κ2) is 7.95. The third kappa shape index (κ3) is 4.97. The minimum Gasteiger partial charge on any atom is -0.486 e. The van der Waals surface area contributed by atoms with Crippen LogP contribution in [0.2, 0.25) is 0 Å². The van der Waals surface area contributed by atoms with E-state index in [1.807, 2.05) is 6.92 Å². The van der Waals surface area contributed by atoms with Gasteiger partial charge < -0.3 is 20.1 Å². The van der Waals surface area contributed by atoms with Crippen LogP contribution in [-0.2, 0) is 14.8 Å². The van der Waals surface area contributed by atoms with Gasteiger partial charge in [-0.3, -0.25) is 4.79 Å². The fourth-order valence-corrected chi connectivity index (χ4v) is 3.15. The Bertz CT molecular complexity index is 929. The maximum Gasteiger partial charge on any atom is 0.238 e. The number of ether oxygens (including phenoxy) is 2. The molecule has 2 aromatic carbocycles. The fraction of sp³-hybridized carbons (Fsp3) is 0.278. The van der Waals surface area contributed by atoms with E-state index in [1.54, 1.807) is 30.3 Å². The molecule has 1 aliphatic heterocycles. The first kappa shape index (κ1) is 19.2. The zero-order valence-corrected chi connectivity index (χ0v) is 15.6. The molecule has 4 N–H and O–H groups in total. The van der Waals surface area contributed by atoms with E-state index in [4.69, 9.17) is 14.6 Å². The molecule has 0 radical (unpaired) electrons. The topological polar surface area (TPSA) is 120 Å². The molecule has 0 saturated carbocycles. The van der Waals surface area contributed by atoms with Crippen LogP contribution in [0.15, 0.2) is 47.4 Å². The van der Waals surface area contributed by atoms with Crippen molar-refractivity contribution >= 4 is 21.6 Å². The van der Waals surface area contributed by atoms with Crippen LogP contribution in [0.1, 0.15) is 18.5 Å². The molecule has 1 aliphatic rings. The minimum absolute atomic E-state index is 0.0507. The van der Waals surface area contributed by atoms with E-state index in [9.17, 15) is 13.2 Å². The van der Waals surface area contributed by atoms with Crippen LogP contribution in [0.25, 0.3) is 0 Å². The lowest BCUT2D eigenvalue weighted by Gasteiger charge is -2.19. The highest BCUT2D eigenvalue weighted by atomic mass is 32.2. The molecular formula is C18H21N3O5S. The van der Waals surface area contributed by atoms with Crippen molar-refractivity contribution < 1.29 is 22.7 Å². The van der Waals surface area contributed by atoms with Crippen molar-refractivity contribution in [3.63, 3.8) is 0 Å². The molecule has 3 rings (SSSR count). The number of hydrogen-bond donors (Lipinski definition) is 3. The van der Waals surface area contributed by atoms with Gasteiger partial charge in [-0.15, -0.1) is 0 Å². The Morgan fingerprint density at radius 3 is 2.44 bits per heavy atom. The Labute approximate surface area is 157 Å². The number of rotatable bonds is 6. The number of fused-ring (bicyclic) bond motifs is 1. The summed E-state index contributed by atoms with van der Waals surface area (Å²) in [7, 11) is -3.72. The second-order valence-electron chi connectivity index (χ2n) is 6.12. The Morgan fingerprint density at radius 2 is 1.78 bits per heavy atom. The average Bonchev–Trinajstić information content (AvgIpc) is 2.65. The number of hydrogen-bond acceptors (Lipinski definition) is 6. The van der Waals surface area contributed by atoms with Gasteiger partial charge in [0.25, 0.3) is 0 Å². The molecule has 9 heteroatoms. The summed E-state index contributed by atoms with van der Waals surface area (Å²) >= 11 is 0. The lowest BCUT2D eigenvalue weighted by Crippen LogP contribution is -2.30. The first-order valence-electron chi connectivity index (χ1n) is 8.38. The van der Waals surface area contributed by atoms with Crippen LogP contribution in [0.3, 0.4) is 0 Å². The summed E-state index contributed by atoms with van der Waals surface area (Å²) in [6, 6.07) is 11.3. The fourth-order valence-electron chi connectivity index (χ4n) is 2.64. The number of nitrogens with one attached hydrogen (secondary N) is 2. The van der Waals surface area contributed by atoms with Gasteiger partial charge >= 0.3 is 0 Å². The number of amides is 1. The van der Waals surface area contributed by atoms with Gasteiger partial charge in [0.2, 0.25) is 15.9 Å². The van der Waals surface area contributed by atoms with Crippen LogP contribution >= 0.6 is 0 Å². The van der Waals surface area contributed by atoms with Gasteiger partial charge in [-0.1, -0.05) is 12.1 Å². The van der Waals surface area contributed by atoms with Crippen molar-refractivity contribution in [1.82, 2.24) is 5.32 Å². The summed E-state index contributed by atoms with van der Waals surface area (Å²) in [5, 5.41) is 11.0. The lowest BCUT2D eigenvalue weighted by atomic mass is 10.1. The van der Waals surface area contributed by atoms with Crippen LogP contribution in [0, 0.1) is 0 Å². The van der Waals surface area contributed by atoms with Crippen molar-refractivity contribution in [3.8, 4) is 11.5 Å². The van der Waals surface area contributed by atoms with Crippen LogP contribution in [0.5, 0.6) is 11.5 Å². The van der Waals surface area contributed by atoms with E-state index in [0.717, 1.165) is 5.56 Å². The molecule has 1 atom stereocenters. The Morgan fingerprint density at radius 1 is 1.11 bits per heavy atom. The van der Waals surface area contributed by atoms with Crippen molar-refractivity contribution in [3.05, 3.63) is 48.0 Å². The SMILES string of the molecule is C[C@@H](NCC(=O)Nc1ccc2c(c1)OCCO2)c1ccc(S(N)(=O)=O)cc1. The number of primary sulfonamides is 1. The predicted octanol–water partition coefficient (Wildman–Crippen LogP) is 1.39. The van der Waals surface area contributed by atoms with Gasteiger partial charge in [0, 0.05) is 17.8 Å². The van der Waals surface area contributed by atoms with Crippen molar-refractivity contribution in [2.45, 2.75) is 17.9 Å². The Balaban J connectivity index is 1.54. The van der Waals surface area contributed by atoms with Gasteiger partial charge in [0.15, 0.2) is 11.5 Å². The average molecular weight is 391 g/mol. The third-order valence-corrected chi connectivity index (χ3v) is 5.03. The zero-order valence-electron chi connectivity index (χ0n) is 14.8. The maximum absolute atomic E-state index is 12.2. The summed E-state index contributed by atoms with van der Waals surface area (Å²) in [5.41, 5.74) is 1.46. The molecule has 27 heavy (non-hydrogen) atoms. The van der Waals surface area contributed by atoms with E-state index in [1.165, 1.54) is 12.1 Å². The van der Waals surface area contributed by atoms with E-state index >= 15 is 0 Å². The van der Waals surface area contributed by atoms with Crippen LogP contribution < -0.4 is 25.2 Å². The molecule has 2 aromatic rings. The molecule has 0 spiro atoms. The molecule has 0 aromatic heterocycles. The maximum atomic E-state index is 12.2. The Hall–Kier alpha value is -2.62. The Kier molecular flexibility index (Phi) is 5.64. The number of benzene rings is 2. The number of sulfonamides is 1. The van der Waals surface area contributed by atoms with Gasteiger partial charge in [0.05, 0.1) is 11.4 Å². The van der Waals surface area contributed by atoms with E-state index in [0.29, 0.717) is 30.4 Å². The number of anilines is 1. The molecule has 144 valence electrons. The highest BCUT2D eigenvalue weighted by molar-refractivity contribution is 7.89. The van der Waals surface area contributed by atoms with Crippen molar-refractivity contribution in [2.24, 2.45) is 5.14 Å². The molecule has 0 unspecified atom stereocenters. The minimum atomic E-state index is -3.72. The van der Waals surface area contributed by atoms with Gasteiger partial charge in [0.1, 0.15) is 13.2 Å². The van der Waals surface area contributed by atoms with Crippen molar-refractivity contribution in [1.29, 1.82) is 0 Å². The highest BCUT2D eigenvalue weighted by Gasteiger charge is 2.14. The molecule has 0 aliphatic carbocycles. The van der Waals surface area contributed by atoms with Crippen molar-refractivity contribution in [2.75, 3.05) is 25.1 Å². The van der Waals surface area contributed by atoms with Crippen LogP contribution in [-0.4, -0.2) is 34.1 Å². The molecule has 8 nitrogen and oxygen atoms in total. The highest BCUT2D eigenvalue weighted by Crippen LogP contribution is 2.32. The van der Waals surface area contributed by atoms with Gasteiger partial charge in [-0.05, 0) is 36.8 Å². The summed E-state index contributed by atoms with van der Waals surface area (Å²) in [4.78, 5) is 12.2. The number of nitrogens with two attached hydrogens (primary N) is 1. The van der Waals surface area contributed by atoms with E-state index in [-0.39, 0.29) is 23.4 Å². The zero-order chi connectivity index (χ0) is 19.4. The third-order valence-electron chi connectivity index (χ3n) is 4.10. The molecule has 0 bridgehead atoms. The predicted molar refractivity (Wildman–Crippen MR) is 100 cm³/mol. The summed E-state index contributed by atoms with van der Waals surface area (Å²) in [5.74, 6) is 1.06. The lowest BCUT2D eigenvalue weighted by molar-refractivity contribution is -0.115. The van der Waals surface area contributed by atoms with Gasteiger partial charge in [-0.25, -0.2) is 13.6 Å². The van der Waals surface area contributed by atoms with Crippen LogP contribution in [0.4, 0.5) is 5.69 Å². The molecule has 0 saturated heterocycles. The quantitative estimate of drug-likeness (QED) is 0.685. The largest absolute Gasteiger partial charge is 0.486 e. The molecule has 1 amide bonds. The molecule has 1 heterocycles. The van der Waals surface area contributed by atoms with E-state index < -0.39 is 10.0 Å².